The van der Waals surface area contributed by atoms with Crippen molar-refractivity contribution in [3.63, 3.8) is 0 Å². The van der Waals surface area contributed by atoms with Crippen molar-refractivity contribution in [1.82, 2.24) is 14.6 Å². The molecule has 0 saturated carbocycles. The van der Waals surface area contributed by atoms with E-state index in [0.717, 1.165) is 16.8 Å². The Labute approximate surface area is 213 Å². The Morgan fingerprint density at radius 2 is 1.70 bits per heavy atom. The van der Waals surface area contributed by atoms with E-state index >= 15 is 0 Å². The maximum absolute atomic E-state index is 14.1. The summed E-state index contributed by atoms with van der Waals surface area (Å²) in [4.78, 5) is 17.4. The van der Waals surface area contributed by atoms with E-state index in [4.69, 9.17) is 21.1 Å². The van der Waals surface area contributed by atoms with E-state index in [1.165, 1.54) is 20.3 Å². The van der Waals surface area contributed by atoms with Crippen molar-refractivity contribution in [2.75, 3.05) is 19.5 Å². The largest absolute Gasteiger partial charge is 0.493 e. The number of anilines is 1. The van der Waals surface area contributed by atoms with Gasteiger partial charge in [-0.2, -0.15) is 18.3 Å². The molecule has 3 aromatic carbocycles. The molecule has 0 spiro atoms. The van der Waals surface area contributed by atoms with Crippen molar-refractivity contribution in [2.45, 2.75) is 6.18 Å². The molecule has 0 aliphatic heterocycles. The van der Waals surface area contributed by atoms with Gasteiger partial charge >= 0.3 is 6.18 Å². The minimum Gasteiger partial charge on any atom is -0.493 e. The van der Waals surface area contributed by atoms with Gasteiger partial charge in [0.15, 0.2) is 28.5 Å². The molecule has 2 aromatic heterocycles. The lowest BCUT2D eigenvalue weighted by molar-refractivity contribution is -0.142. The molecule has 37 heavy (non-hydrogen) atoms. The van der Waals surface area contributed by atoms with Crippen LogP contribution in [0.25, 0.3) is 27.7 Å². The van der Waals surface area contributed by atoms with Gasteiger partial charge in [0.2, 0.25) is 0 Å². The van der Waals surface area contributed by atoms with Crippen LogP contribution >= 0.6 is 11.6 Å². The number of rotatable bonds is 5. The molecule has 2 heterocycles. The standard InChI is InChI=1S/C26H18ClF3N4O3/c1-36-19-11-10-15(12-20(19)37-2)18-13-21(26(28,29)30)34-24(31-18)22(27)23(33-34)25(35)32-17-9-5-7-14-6-3-4-8-16(14)17/h3-13H,1-2H3,(H,32,35). The summed E-state index contributed by atoms with van der Waals surface area (Å²) in [7, 11) is 2.86. The fourth-order valence-electron chi connectivity index (χ4n) is 4.00. The van der Waals surface area contributed by atoms with Gasteiger partial charge in [0.1, 0.15) is 5.02 Å². The maximum Gasteiger partial charge on any atom is 0.433 e. The van der Waals surface area contributed by atoms with Crippen LogP contribution in [0.4, 0.5) is 18.9 Å². The maximum atomic E-state index is 14.1. The first kappa shape index (κ1) is 24.4. The Balaban J connectivity index is 1.63. The van der Waals surface area contributed by atoms with Gasteiger partial charge in [-0.05, 0) is 35.7 Å². The number of amides is 1. The van der Waals surface area contributed by atoms with Gasteiger partial charge in [0.05, 0.1) is 19.9 Å². The number of halogens is 4. The molecule has 0 aliphatic carbocycles. The first-order chi connectivity index (χ1) is 17.7. The molecule has 0 unspecified atom stereocenters. The number of carbonyl (C=O) groups is 1. The van der Waals surface area contributed by atoms with Crippen LogP contribution in [0.15, 0.2) is 66.7 Å². The van der Waals surface area contributed by atoms with Crippen molar-refractivity contribution < 1.29 is 27.4 Å². The summed E-state index contributed by atoms with van der Waals surface area (Å²) in [5.74, 6) is -0.0595. The molecule has 7 nitrogen and oxygen atoms in total. The summed E-state index contributed by atoms with van der Waals surface area (Å²) >= 11 is 6.41. The van der Waals surface area contributed by atoms with Gasteiger partial charge in [0.25, 0.3) is 5.91 Å². The summed E-state index contributed by atoms with van der Waals surface area (Å²) in [6.45, 7) is 0. The summed E-state index contributed by atoms with van der Waals surface area (Å²) in [5.41, 5.74) is -1.10. The Morgan fingerprint density at radius 3 is 2.43 bits per heavy atom. The fraction of sp³-hybridized carbons (Fsp3) is 0.115. The molecule has 0 atom stereocenters. The molecule has 5 rings (SSSR count). The topological polar surface area (TPSA) is 77.8 Å². The molecule has 0 bridgehead atoms. The van der Waals surface area contributed by atoms with E-state index in [1.54, 1.807) is 24.3 Å². The van der Waals surface area contributed by atoms with Crippen LogP contribution in [0.2, 0.25) is 5.02 Å². The number of nitrogens with zero attached hydrogens (tertiary/aromatic N) is 3. The van der Waals surface area contributed by atoms with Gasteiger partial charge in [-0.1, -0.05) is 48.0 Å². The van der Waals surface area contributed by atoms with Crippen molar-refractivity contribution in [2.24, 2.45) is 0 Å². The summed E-state index contributed by atoms with van der Waals surface area (Å²) in [6.07, 6.45) is -4.81. The Hall–Kier alpha value is -4.31. The van der Waals surface area contributed by atoms with E-state index in [-0.39, 0.29) is 16.4 Å². The molecule has 0 aliphatic rings. The number of alkyl halides is 3. The van der Waals surface area contributed by atoms with E-state index < -0.39 is 23.5 Å². The fourth-order valence-corrected chi connectivity index (χ4v) is 4.24. The zero-order valence-electron chi connectivity index (χ0n) is 19.4. The van der Waals surface area contributed by atoms with Crippen LogP contribution in [-0.4, -0.2) is 34.7 Å². The Kier molecular flexibility index (Phi) is 6.12. The lowest BCUT2D eigenvalue weighted by atomic mass is 10.1. The number of methoxy groups -OCH3 is 2. The highest BCUT2D eigenvalue weighted by atomic mass is 35.5. The second-order valence-electron chi connectivity index (χ2n) is 7.97. The Bertz CT molecular complexity index is 1660. The van der Waals surface area contributed by atoms with E-state index in [9.17, 15) is 18.0 Å². The highest BCUT2D eigenvalue weighted by molar-refractivity contribution is 6.37. The number of hydrogen-bond donors (Lipinski definition) is 1. The van der Waals surface area contributed by atoms with Crippen molar-refractivity contribution >= 4 is 39.6 Å². The van der Waals surface area contributed by atoms with Crippen LogP contribution < -0.4 is 14.8 Å². The van der Waals surface area contributed by atoms with Crippen molar-refractivity contribution in [1.29, 1.82) is 0 Å². The van der Waals surface area contributed by atoms with E-state index in [2.05, 4.69) is 15.4 Å². The van der Waals surface area contributed by atoms with Gasteiger partial charge in [-0.15, -0.1) is 0 Å². The van der Waals surface area contributed by atoms with Gasteiger partial charge in [-0.3, -0.25) is 4.79 Å². The first-order valence-corrected chi connectivity index (χ1v) is 11.3. The number of aromatic nitrogens is 3. The predicted molar refractivity (Wildman–Crippen MR) is 133 cm³/mol. The van der Waals surface area contributed by atoms with E-state index in [0.29, 0.717) is 27.3 Å². The minimum absolute atomic E-state index is 0.0383. The van der Waals surface area contributed by atoms with Gasteiger partial charge in [0, 0.05) is 16.6 Å². The molecular weight excluding hydrogens is 509 g/mol. The number of hydrogen-bond acceptors (Lipinski definition) is 5. The minimum atomic E-state index is -4.81. The molecule has 11 heteroatoms. The number of benzene rings is 3. The van der Waals surface area contributed by atoms with E-state index in [1.807, 2.05) is 30.3 Å². The average Bonchev–Trinajstić information content (AvgIpc) is 3.23. The second-order valence-corrected chi connectivity index (χ2v) is 8.35. The van der Waals surface area contributed by atoms with Crippen LogP contribution in [0.1, 0.15) is 16.2 Å². The molecule has 0 fully saturated rings. The number of fused-ring (bicyclic) bond motifs is 2. The molecule has 0 saturated heterocycles. The number of carbonyl (C=O) groups excluding carboxylic acids is 1. The number of ether oxygens (including phenoxy) is 2. The molecule has 1 amide bonds. The van der Waals surface area contributed by atoms with Crippen LogP contribution in [0, 0.1) is 0 Å². The second kappa shape index (κ2) is 9.29. The third-order valence-electron chi connectivity index (χ3n) is 5.76. The monoisotopic (exact) mass is 526 g/mol. The predicted octanol–water partition coefficient (Wildman–Crippen LogP) is 6.49. The van der Waals surface area contributed by atoms with Crippen molar-refractivity contribution in [3.8, 4) is 22.8 Å². The zero-order chi connectivity index (χ0) is 26.3. The third kappa shape index (κ3) is 4.40. The highest BCUT2D eigenvalue weighted by Crippen LogP contribution is 2.37. The van der Waals surface area contributed by atoms with Crippen molar-refractivity contribution in [3.05, 3.63) is 83.1 Å². The summed E-state index contributed by atoms with van der Waals surface area (Å²) < 4.78 is 53.2. The van der Waals surface area contributed by atoms with Crippen LogP contribution in [-0.2, 0) is 6.18 Å². The summed E-state index contributed by atoms with van der Waals surface area (Å²) in [5, 5.41) is 7.91. The zero-order valence-corrected chi connectivity index (χ0v) is 20.2. The molecule has 188 valence electrons. The molecular formula is C26H18ClF3N4O3. The summed E-state index contributed by atoms with van der Waals surface area (Å²) in [6, 6.07) is 18.1. The van der Waals surface area contributed by atoms with Crippen LogP contribution in [0.3, 0.4) is 0 Å². The highest BCUT2D eigenvalue weighted by Gasteiger charge is 2.37. The molecule has 5 aromatic rings. The van der Waals surface area contributed by atoms with Crippen LogP contribution in [0.5, 0.6) is 11.5 Å². The van der Waals surface area contributed by atoms with Gasteiger partial charge in [-0.25, -0.2) is 9.50 Å². The first-order valence-electron chi connectivity index (χ1n) is 10.9. The molecule has 1 N–H and O–H groups in total. The normalized spacial score (nSPS) is 11.6. The Morgan fingerprint density at radius 1 is 0.973 bits per heavy atom. The molecule has 0 radical (unpaired) electrons. The third-order valence-corrected chi connectivity index (χ3v) is 6.10. The van der Waals surface area contributed by atoms with Gasteiger partial charge < -0.3 is 14.8 Å². The lowest BCUT2D eigenvalue weighted by Gasteiger charge is -2.12. The smallest absolute Gasteiger partial charge is 0.433 e. The number of nitrogens with one attached hydrogen (secondary N) is 1. The average molecular weight is 527 g/mol. The SMILES string of the molecule is COc1ccc(-c2cc(C(F)(F)F)n3nc(C(=O)Nc4cccc5ccccc45)c(Cl)c3n2)cc1OC. The quantitative estimate of drug-likeness (QED) is 0.283. The lowest BCUT2D eigenvalue weighted by Crippen LogP contribution is -2.16.